The van der Waals surface area contributed by atoms with Gasteiger partial charge < -0.3 is 10.1 Å². The number of rotatable bonds is 4. The third-order valence-electron chi connectivity index (χ3n) is 3.38. The van der Waals surface area contributed by atoms with E-state index in [1.807, 2.05) is 24.3 Å². The molecule has 0 fully saturated rings. The fourth-order valence-electron chi connectivity index (χ4n) is 2.40. The summed E-state index contributed by atoms with van der Waals surface area (Å²) in [4.78, 5) is 4.32. The van der Waals surface area contributed by atoms with E-state index in [9.17, 15) is 8.42 Å². The zero-order valence-electron chi connectivity index (χ0n) is 11.6. The molecule has 0 bridgehead atoms. The van der Waals surface area contributed by atoms with Gasteiger partial charge in [-0.1, -0.05) is 18.2 Å². The number of benzene rings is 1. The topological polar surface area (TPSA) is 68.3 Å². The molecule has 21 heavy (non-hydrogen) atoms. The minimum atomic E-state index is -3.30. The first-order valence-corrected chi connectivity index (χ1v) is 8.57. The molecule has 110 valence electrons. The molecule has 1 atom stereocenters. The van der Waals surface area contributed by atoms with Crippen molar-refractivity contribution in [3.8, 4) is 5.75 Å². The summed E-state index contributed by atoms with van der Waals surface area (Å²) in [5, 5.41) is 3.08. The van der Waals surface area contributed by atoms with Crippen molar-refractivity contribution in [2.75, 3.05) is 18.1 Å². The van der Waals surface area contributed by atoms with Crippen molar-refractivity contribution < 1.29 is 13.2 Å². The molecule has 0 saturated heterocycles. The minimum absolute atomic E-state index is 0.0168. The van der Waals surface area contributed by atoms with Gasteiger partial charge in [-0.25, -0.2) is 13.4 Å². The van der Waals surface area contributed by atoms with E-state index in [0.29, 0.717) is 12.4 Å². The maximum absolute atomic E-state index is 11.7. The second kappa shape index (κ2) is 5.37. The Bertz CT molecular complexity index is 734. The van der Waals surface area contributed by atoms with Crippen molar-refractivity contribution in [2.24, 2.45) is 0 Å². The summed E-state index contributed by atoms with van der Waals surface area (Å²) in [5.41, 5.74) is 1.17. The zero-order valence-corrected chi connectivity index (χ0v) is 12.4. The molecule has 2 aromatic rings. The third-order valence-corrected chi connectivity index (χ3v) is 4.51. The number of nitrogens with zero attached hydrogens (tertiary/aromatic N) is 1. The Hall–Kier alpha value is -2.08. The molecular weight excluding hydrogens is 288 g/mol. The van der Waals surface area contributed by atoms with Crippen LogP contribution in [0.2, 0.25) is 0 Å². The summed E-state index contributed by atoms with van der Waals surface area (Å²) in [6, 6.07) is 11.1. The predicted molar refractivity (Wildman–Crippen MR) is 80.4 cm³/mol. The molecule has 0 radical (unpaired) electrons. The van der Waals surface area contributed by atoms with Gasteiger partial charge in [0.25, 0.3) is 0 Å². The number of pyridine rings is 1. The largest absolute Gasteiger partial charge is 0.488 e. The van der Waals surface area contributed by atoms with Crippen LogP contribution >= 0.6 is 0 Å². The van der Waals surface area contributed by atoms with Crippen LogP contribution in [0.5, 0.6) is 5.75 Å². The zero-order chi connectivity index (χ0) is 14.9. The second-order valence-electron chi connectivity index (χ2n) is 5.05. The van der Waals surface area contributed by atoms with E-state index in [2.05, 4.69) is 10.3 Å². The molecule has 1 aromatic carbocycles. The molecule has 5 nitrogen and oxygen atoms in total. The van der Waals surface area contributed by atoms with Gasteiger partial charge in [-0.3, -0.25) is 0 Å². The highest BCUT2D eigenvalue weighted by Crippen LogP contribution is 2.28. The summed E-state index contributed by atoms with van der Waals surface area (Å²) in [6.07, 6.45) is 3.54. The van der Waals surface area contributed by atoms with Crippen LogP contribution in [-0.4, -0.2) is 32.3 Å². The van der Waals surface area contributed by atoms with Gasteiger partial charge in [0.15, 0.2) is 9.84 Å². The van der Waals surface area contributed by atoms with Crippen molar-refractivity contribution in [2.45, 2.75) is 17.4 Å². The Morgan fingerprint density at radius 3 is 2.86 bits per heavy atom. The van der Waals surface area contributed by atoms with Crippen molar-refractivity contribution in [3.63, 3.8) is 0 Å². The van der Waals surface area contributed by atoms with Crippen LogP contribution in [-0.2, 0) is 16.3 Å². The van der Waals surface area contributed by atoms with Gasteiger partial charge in [0, 0.05) is 18.9 Å². The standard InChI is InChI=1S/C15H16N2O3S/c1-21(18,19)14-7-4-8-16-15(14)17-10-12-9-11-5-2-3-6-13(11)20-12/h2-8,12H,9-10H2,1H3,(H,16,17). The average Bonchev–Trinajstić information content (AvgIpc) is 2.87. The third kappa shape index (κ3) is 3.00. The smallest absolute Gasteiger partial charge is 0.179 e. The maximum atomic E-state index is 11.7. The lowest BCUT2D eigenvalue weighted by Gasteiger charge is -2.14. The van der Waals surface area contributed by atoms with E-state index in [4.69, 9.17) is 4.74 Å². The summed E-state index contributed by atoms with van der Waals surface area (Å²) in [6.45, 7) is 0.508. The molecule has 3 rings (SSSR count). The quantitative estimate of drug-likeness (QED) is 0.934. The normalized spacial score (nSPS) is 17.1. The number of ether oxygens (including phenoxy) is 1. The fourth-order valence-corrected chi connectivity index (χ4v) is 3.20. The van der Waals surface area contributed by atoms with Crippen LogP contribution < -0.4 is 10.1 Å². The molecule has 0 aliphatic carbocycles. The first-order chi connectivity index (χ1) is 10.0. The molecule has 0 saturated carbocycles. The number of hydrogen-bond donors (Lipinski definition) is 1. The molecule has 0 amide bonds. The van der Waals surface area contributed by atoms with Gasteiger partial charge >= 0.3 is 0 Å². The number of nitrogens with one attached hydrogen (secondary N) is 1. The van der Waals surface area contributed by atoms with Crippen LogP contribution in [0, 0.1) is 0 Å². The lowest BCUT2D eigenvalue weighted by molar-refractivity contribution is 0.246. The molecular formula is C15H16N2O3S. The first-order valence-electron chi connectivity index (χ1n) is 6.67. The SMILES string of the molecule is CS(=O)(=O)c1cccnc1NCC1Cc2ccccc2O1. The second-order valence-corrected chi connectivity index (χ2v) is 7.04. The van der Waals surface area contributed by atoms with Gasteiger partial charge in [0.2, 0.25) is 0 Å². The van der Waals surface area contributed by atoms with Gasteiger partial charge in [-0.15, -0.1) is 0 Å². The molecule has 1 aromatic heterocycles. The van der Waals surface area contributed by atoms with Crippen LogP contribution in [0.25, 0.3) is 0 Å². The average molecular weight is 304 g/mol. The van der Waals surface area contributed by atoms with E-state index in [-0.39, 0.29) is 11.0 Å². The van der Waals surface area contributed by atoms with Crippen molar-refractivity contribution in [1.29, 1.82) is 0 Å². The van der Waals surface area contributed by atoms with Crippen molar-refractivity contribution in [3.05, 3.63) is 48.2 Å². The van der Waals surface area contributed by atoms with E-state index in [0.717, 1.165) is 12.2 Å². The van der Waals surface area contributed by atoms with E-state index >= 15 is 0 Å². The molecule has 1 N–H and O–H groups in total. The van der Waals surface area contributed by atoms with Gasteiger partial charge in [-0.2, -0.15) is 0 Å². The van der Waals surface area contributed by atoms with E-state index in [1.165, 1.54) is 11.8 Å². The number of fused-ring (bicyclic) bond motifs is 1. The summed E-state index contributed by atoms with van der Waals surface area (Å²) in [5.74, 6) is 1.27. The number of aromatic nitrogens is 1. The molecule has 1 aliphatic rings. The van der Waals surface area contributed by atoms with Crippen molar-refractivity contribution in [1.82, 2.24) is 4.98 Å². The number of sulfone groups is 1. The molecule has 1 aliphatic heterocycles. The molecule has 0 spiro atoms. The van der Waals surface area contributed by atoms with Crippen LogP contribution in [0.1, 0.15) is 5.56 Å². The lowest BCUT2D eigenvalue weighted by Crippen LogP contribution is -2.25. The lowest BCUT2D eigenvalue weighted by atomic mass is 10.1. The Kier molecular flexibility index (Phi) is 3.55. The minimum Gasteiger partial charge on any atom is -0.488 e. The number of hydrogen-bond acceptors (Lipinski definition) is 5. The molecule has 6 heteroatoms. The molecule has 2 heterocycles. The van der Waals surface area contributed by atoms with Crippen molar-refractivity contribution >= 4 is 15.7 Å². The van der Waals surface area contributed by atoms with Gasteiger partial charge in [-0.05, 0) is 23.8 Å². The van der Waals surface area contributed by atoms with Crippen LogP contribution in [0.4, 0.5) is 5.82 Å². The van der Waals surface area contributed by atoms with E-state index < -0.39 is 9.84 Å². The number of anilines is 1. The summed E-state index contributed by atoms with van der Waals surface area (Å²) >= 11 is 0. The number of para-hydroxylation sites is 1. The Balaban J connectivity index is 1.70. The predicted octanol–water partition coefficient (Wildman–Crippen LogP) is 1.90. The first kappa shape index (κ1) is 13.9. The Morgan fingerprint density at radius 2 is 2.10 bits per heavy atom. The monoisotopic (exact) mass is 304 g/mol. The van der Waals surface area contributed by atoms with Crippen LogP contribution in [0.3, 0.4) is 0 Å². The molecule has 1 unspecified atom stereocenters. The Labute approximate surface area is 123 Å². The summed E-state index contributed by atoms with van der Waals surface area (Å²) < 4.78 is 29.2. The van der Waals surface area contributed by atoms with E-state index in [1.54, 1.807) is 18.3 Å². The van der Waals surface area contributed by atoms with Gasteiger partial charge in [0.05, 0.1) is 6.54 Å². The highest BCUT2D eigenvalue weighted by atomic mass is 32.2. The Morgan fingerprint density at radius 1 is 1.29 bits per heavy atom. The highest BCUT2D eigenvalue weighted by Gasteiger charge is 2.23. The van der Waals surface area contributed by atoms with Crippen LogP contribution in [0.15, 0.2) is 47.5 Å². The highest BCUT2D eigenvalue weighted by molar-refractivity contribution is 7.90. The maximum Gasteiger partial charge on any atom is 0.179 e. The fraction of sp³-hybridized carbons (Fsp3) is 0.267. The van der Waals surface area contributed by atoms with Gasteiger partial charge in [0.1, 0.15) is 22.6 Å². The summed E-state index contributed by atoms with van der Waals surface area (Å²) in [7, 11) is -3.30.